The van der Waals surface area contributed by atoms with Crippen LogP contribution in [0.25, 0.3) is 0 Å². The van der Waals surface area contributed by atoms with E-state index in [4.69, 9.17) is 10.5 Å². The molecule has 0 heterocycles. The molecule has 4 heteroatoms. The molecule has 1 rings (SSSR count). The van der Waals surface area contributed by atoms with Crippen molar-refractivity contribution in [1.82, 2.24) is 5.32 Å². The Morgan fingerprint density at radius 1 is 1.53 bits per heavy atom. The Labute approximate surface area is 104 Å². The molecule has 4 nitrogen and oxygen atoms in total. The molecule has 3 N–H and O–H groups in total. The first-order valence-electron chi connectivity index (χ1n) is 6.54. The van der Waals surface area contributed by atoms with Crippen LogP contribution in [0.2, 0.25) is 0 Å². The van der Waals surface area contributed by atoms with E-state index in [0.29, 0.717) is 18.4 Å². The number of hydrogen-bond donors (Lipinski definition) is 2. The Balaban J connectivity index is 2.24. The summed E-state index contributed by atoms with van der Waals surface area (Å²) < 4.78 is 5.36. The Morgan fingerprint density at radius 3 is 2.65 bits per heavy atom. The molecule has 0 saturated heterocycles. The van der Waals surface area contributed by atoms with Crippen molar-refractivity contribution in [3.63, 3.8) is 0 Å². The minimum Gasteiger partial charge on any atom is -0.371 e. The van der Waals surface area contributed by atoms with Crippen LogP contribution in [0.3, 0.4) is 0 Å². The maximum absolute atomic E-state index is 11.7. The smallest absolute Gasteiger partial charge is 0.246 e. The van der Waals surface area contributed by atoms with E-state index < -0.39 is 0 Å². The first-order chi connectivity index (χ1) is 7.95. The van der Waals surface area contributed by atoms with Gasteiger partial charge in [-0.3, -0.25) is 4.79 Å². The number of ether oxygens (including phenoxy) is 1. The lowest BCUT2D eigenvalue weighted by atomic mass is 9.91. The van der Waals surface area contributed by atoms with Crippen molar-refractivity contribution in [2.75, 3.05) is 19.8 Å². The number of rotatable bonds is 8. The highest BCUT2D eigenvalue weighted by Gasteiger charge is 2.26. The van der Waals surface area contributed by atoms with E-state index in [1.54, 1.807) is 0 Å². The summed E-state index contributed by atoms with van der Waals surface area (Å²) in [7, 11) is 0. The Hall–Kier alpha value is -0.610. The third kappa shape index (κ3) is 6.03. The average molecular weight is 242 g/mol. The Bertz CT molecular complexity index is 252. The summed E-state index contributed by atoms with van der Waals surface area (Å²) >= 11 is 0. The van der Waals surface area contributed by atoms with Gasteiger partial charge in [0.2, 0.25) is 5.91 Å². The van der Waals surface area contributed by atoms with Crippen molar-refractivity contribution < 1.29 is 9.53 Å². The molecule has 0 aromatic carbocycles. The molecule has 100 valence electrons. The van der Waals surface area contributed by atoms with Crippen molar-refractivity contribution >= 4 is 5.91 Å². The zero-order valence-electron chi connectivity index (χ0n) is 11.3. The maximum Gasteiger partial charge on any atom is 0.246 e. The molecule has 1 aliphatic rings. The van der Waals surface area contributed by atoms with Crippen LogP contribution in [0.5, 0.6) is 0 Å². The normalized spacial score (nSPS) is 19.1. The highest BCUT2D eigenvalue weighted by atomic mass is 16.5. The van der Waals surface area contributed by atoms with Gasteiger partial charge in [-0.1, -0.05) is 13.8 Å². The second kappa shape index (κ2) is 6.36. The third-order valence-corrected chi connectivity index (χ3v) is 3.03. The SMILES string of the molecule is CC(C)CC(C)(CN)NC(=O)COCC1CC1. The molecule has 0 bridgehead atoms. The monoisotopic (exact) mass is 242 g/mol. The highest BCUT2D eigenvalue weighted by molar-refractivity contribution is 5.78. The number of amides is 1. The standard InChI is InChI=1S/C13H26N2O2/c1-10(2)6-13(3,9-14)15-12(16)8-17-7-11-4-5-11/h10-11H,4-9,14H2,1-3H3,(H,15,16). The van der Waals surface area contributed by atoms with Crippen molar-refractivity contribution in [2.45, 2.75) is 45.6 Å². The van der Waals surface area contributed by atoms with Crippen LogP contribution in [0.4, 0.5) is 0 Å². The highest BCUT2D eigenvalue weighted by Crippen LogP contribution is 2.28. The molecule has 0 aromatic rings. The van der Waals surface area contributed by atoms with Crippen LogP contribution in [0.15, 0.2) is 0 Å². The van der Waals surface area contributed by atoms with Gasteiger partial charge in [-0.2, -0.15) is 0 Å². The van der Waals surface area contributed by atoms with Crippen molar-refractivity contribution in [3.05, 3.63) is 0 Å². The fourth-order valence-electron chi connectivity index (χ4n) is 2.06. The van der Waals surface area contributed by atoms with E-state index in [-0.39, 0.29) is 18.1 Å². The third-order valence-electron chi connectivity index (χ3n) is 3.03. The fourth-order valence-corrected chi connectivity index (χ4v) is 2.06. The Kier molecular flexibility index (Phi) is 5.40. The van der Waals surface area contributed by atoms with E-state index in [1.807, 2.05) is 6.92 Å². The predicted molar refractivity (Wildman–Crippen MR) is 68.6 cm³/mol. The summed E-state index contributed by atoms with van der Waals surface area (Å²) in [6, 6.07) is 0. The van der Waals surface area contributed by atoms with E-state index in [2.05, 4.69) is 19.2 Å². The van der Waals surface area contributed by atoms with Gasteiger partial charge in [-0.05, 0) is 38.0 Å². The number of nitrogens with two attached hydrogens (primary N) is 1. The van der Waals surface area contributed by atoms with E-state index >= 15 is 0 Å². The molecule has 1 saturated carbocycles. The lowest BCUT2D eigenvalue weighted by Gasteiger charge is -2.31. The molecule has 1 atom stereocenters. The Morgan fingerprint density at radius 2 is 2.18 bits per heavy atom. The molecule has 1 amide bonds. The summed E-state index contributed by atoms with van der Waals surface area (Å²) in [6.45, 7) is 7.58. The molecule has 0 aliphatic heterocycles. The van der Waals surface area contributed by atoms with Crippen LogP contribution in [-0.2, 0) is 9.53 Å². The molecular formula is C13H26N2O2. The van der Waals surface area contributed by atoms with Crippen molar-refractivity contribution in [1.29, 1.82) is 0 Å². The summed E-state index contributed by atoms with van der Waals surface area (Å²) in [6.07, 6.45) is 3.38. The molecule has 1 aliphatic carbocycles. The van der Waals surface area contributed by atoms with Gasteiger partial charge >= 0.3 is 0 Å². The van der Waals surface area contributed by atoms with Gasteiger partial charge in [-0.25, -0.2) is 0 Å². The number of nitrogens with one attached hydrogen (secondary N) is 1. The molecular weight excluding hydrogens is 216 g/mol. The first-order valence-corrected chi connectivity index (χ1v) is 6.54. The van der Waals surface area contributed by atoms with Gasteiger partial charge in [0.1, 0.15) is 6.61 Å². The average Bonchev–Trinajstić information content (AvgIpc) is 3.00. The summed E-state index contributed by atoms with van der Waals surface area (Å²) in [5.41, 5.74) is 5.42. The lowest BCUT2D eigenvalue weighted by molar-refractivity contribution is -0.127. The lowest BCUT2D eigenvalue weighted by Crippen LogP contribution is -2.53. The molecule has 0 aromatic heterocycles. The van der Waals surface area contributed by atoms with Gasteiger partial charge in [0.05, 0.1) is 6.61 Å². The second-order valence-corrected chi connectivity index (χ2v) is 5.87. The summed E-state index contributed by atoms with van der Waals surface area (Å²) in [5, 5.41) is 2.98. The molecule has 1 unspecified atom stereocenters. The fraction of sp³-hybridized carbons (Fsp3) is 0.923. The molecule has 0 radical (unpaired) electrons. The van der Waals surface area contributed by atoms with E-state index in [9.17, 15) is 4.79 Å². The number of carbonyl (C=O) groups is 1. The summed E-state index contributed by atoms with van der Waals surface area (Å²) in [4.78, 5) is 11.7. The van der Waals surface area contributed by atoms with Gasteiger partial charge in [0.25, 0.3) is 0 Å². The molecule has 17 heavy (non-hydrogen) atoms. The first kappa shape index (κ1) is 14.5. The second-order valence-electron chi connectivity index (χ2n) is 5.87. The van der Waals surface area contributed by atoms with Crippen molar-refractivity contribution in [2.24, 2.45) is 17.6 Å². The quantitative estimate of drug-likeness (QED) is 0.674. The van der Waals surface area contributed by atoms with Crippen LogP contribution in [0.1, 0.15) is 40.0 Å². The summed E-state index contributed by atoms with van der Waals surface area (Å²) in [5.74, 6) is 1.15. The van der Waals surface area contributed by atoms with Gasteiger partial charge in [0, 0.05) is 12.1 Å². The largest absolute Gasteiger partial charge is 0.371 e. The minimum absolute atomic E-state index is 0.0562. The topological polar surface area (TPSA) is 64.3 Å². The van der Waals surface area contributed by atoms with Gasteiger partial charge < -0.3 is 15.8 Å². The molecule has 0 spiro atoms. The van der Waals surface area contributed by atoms with Gasteiger partial charge in [-0.15, -0.1) is 0 Å². The minimum atomic E-state index is -0.311. The van der Waals surface area contributed by atoms with Crippen LogP contribution in [-0.4, -0.2) is 31.2 Å². The predicted octanol–water partition coefficient (Wildman–Crippen LogP) is 1.29. The maximum atomic E-state index is 11.7. The van der Waals surface area contributed by atoms with Crippen LogP contribution in [0, 0.1) is 11.8 Å². The van der Waals surface area contributed by atoms with E-state index in [1.165, 1.54) is 12.8 Å². The van der Waals surface area contributed by atoms with E-state index in [0.717, 1.165) is 13.0 Å². The van der Waals surface area contributed by atoms with Crippen LogP contribution >= 0.6 is 0 Å². The van der Waals surface area contributed by atoms with Gasteiger partial charge in [0.15, 0.2) is 0 Å². The zero-order valence-corrected chi connectivity index (χ0v) is 11.3. The van der Waals surface area contributed by atoms with Crippen LogP contribution < -0.4 is 11.1 Å². The number of carbonyl (C=O) groups excluding carboxylic acids is 1. The number of hydrogen-bond acceptors (Lipinski definition) is 3. The van der Waals surface area contributed by atoms with Crippen molar-refractivity contribution in [3.8, 4) is 0 Å². The zero-order chi connectivity index (χ0) is 12.9. The molecule has 1 fully saturated rings.